The lowest BCUT2D eigenvalue weighted by atomic mass is 10.0. The molecule has 4 nitrogen and oxygen atoms in total. The minimum Gasteiger partial charge on any atom is -0.353 e. The molecular formula is C21H24N2O2. The van der Waals surface area contributed by atoms with Crippen molar-refractivity contribution in [2.45, 2.75) is 38.1 Å². The molecule has 0 aromatic heterocycles. The number of rotatable bonds is 4. The molecule has 0 bridgehead atoms. The molecule has 2 fully saturated rings. The number of piperidine rings is 1. The highest BCUT2D eigenvalue weighted by Gasteiger charge is 2.35. The van der Waals surface area contributed by atoms with Gasteiger partial charge in [-0.05, 0) is 42.0 Å². The normalized spacial score (nSPS) is 18.3. The standard InChI is InChI=1S/C21H24N2O2/c24-20(14-17-6-3-5-15-4-1-2-7-19(15)17)22-18-10-12-23(13-11-18)21(25)16-8-9-16/h1-7,16,18H,8-14H2,(H,22,24). The van der Waals surface area contributed by atoms with E-state index in [1.54, 1.807) is 0 Å². The number of carbonyl (C=O) groups is 2. The van der Waals surface area contributed by atoms with E-state index in [9.17, 15) is 9.59 Å². The number of fused-ring (bicyclic) bond motifs is 1. The average molecular weight is 336 g/mol. The topological polar surface area (TPSA) is 49.4 Å². The van der Waals surface area contributed by atoms with Gasteiger partial charge in [0.05, 0.1) is 6.42 Å². The second kappa shape index (κ2) is 6.87. The molecule has 4 heteroatoms. The highest BCUT2D eigenvalue weighted by molar-refractivity contribution is 5.90. The Morgan fingerprint density at radius 1 is 0.960 bits per heavy atom. The number of benzene rings is 2. The van der Waals surface area contributed by atoms with Crippen molar-refractivity contribution in [1.82, 2.24) is 10.2 Å². The largest absolute Gasteiger partial charge is 0.353 e. The highest BCUT2D eigenvalue weighted by atomic mass is 16.2. The minimum absolute atomic E-state index is 0.0725. The van der Waals surface area contributed by atoms with Gasteiger partial charge in [-0.2, -0.15) is 0 Å². The van der Waals surface area contributed by atoms with Gasteiger partial charge in [0.2, 0.25) is 11.8 Å². The van der Waals surface area contributed by atoms with Crippen LogP contribution in [0, 0.1) is 5.92 Å². The number of hydrogen-bond acceptors (Lipinski definition) is 2. The summed E-state index contributed by atoms with van der Waals surface area (Å²) in [6.45, 7) is 1.54. The Morgan fingerprint density at radius 2 is 1.68 bits per heavy atom. The maximum Gasteiger partial charge on any atom is 0.225 e. The van der Waals surface area contributed by atoms with Crippen LogP contribution < -0.4 is 5.32 Å². The Balaban J connectivity index is 1.32. The van der Waals surface area contributed by atoms with Gasteiger partial charge in [0.1, 0.15) is 0 Å². The van der Waals surface area contributed by atoms with Gasteiger partial charge in [-0.25, -0.2) is 0 Å². The zero-order chi connectivity index (χ0) is 17.2. The first-order valence-electron chi connectivity index (χ1n) is 9.25. The first-order chi connectivity index (χ1) is 12.2. The SMILES string of the molecule is O=C(Cc1cccc2ccccc12)NC1CCN(C(=O)C2CC2)CC1. The van der Waals surface area contributed by atoms with Crippen LogP contribution in [0.25, 0.3) is 10.8 Å². The lowest BCUT2D eigenvalue weighted by Gasteiger charge is -2.32. The average Bonchev–Trinajstić information content (AvgIpc) is 3.47. The first-order valence-corrected chi connectivity index (χ1v) is 9.25. The summed E-state index contributed by atoms with van der Waals surface area (Å²) in [6, 6.07) is 14.5. The third-order valence-electron chi connectivity index (χ3n) is 5.33. The van der Waals surface area contributed by atoms with E-state index in [0.717, 1.165) is 49.7 Å². The molecule has 0 spiro atoms. The molecule has 25 heavy (non-hydrogen) atoms. The molecule has 2 amide bonds. The zero-order valence-corrected chi connectivity index (χ0v) is 14.4. The molecule has 1 N–H and O–H groups in total. The summed E-state index contributed by atoms with van der Waals surface area (Å²) in [6.07, 6.45) is 4.24. The lowest BCUT2D eigenvalue weighted by Crippen LogP contribution is -2.47. The van der Waals surface area contributed by atoms with Crippen LogP contribution in [-0.4, -0.2) is 35.8 Å². The summed E-state index contributed by atoms with van der Waals surface area (Å²) in [5.74, 6) is 0.682. The van der Waals surface area contributed by atoms with Gasteiger partial charge in [0, 0.05) is 25.0 Å². The molecule has 130 valence electrons. The van der Waals surface area contributed by atoms with Crippen molar-refractivity contribution in [3.63, 3.8) is 0 Å². The van der Waals surface area contributed by atoms with E-state index in [2.05, 4.69) is 23.5 Å². The van der Waals surface area contributed by atoms with Crippen molar-refractivity contribution in [3.05, 3.63) is 48.0 Å². The molecule has 0 unspecified atom stereocenters. The molecule has 0 atom stereocenters. The Labute approximate surface area is 148 Å². The smallest absolute Gasteiger partial charge is 0.225 e. The summed E-state index contributed by atoms with van der Waals surface area (Å²) in [5.41, 5.74) is 1.07. The van der Waals surface area contributed by atoms with Gasteiger partial charge in [-0.15, -0.1) is 0 Å². The van der Waals surface area contributed by atoms with Crippen molar-refractivity contribution in [3.8, 4) is 0 Å². The van der Waals surface area contributed by atoms with Crippen molar-refractivity contribution < 1.29 is 9.59 Å². The number of likely N-dealkylation sites (tertiary alicyclic amines) is 1. The van der Waals surface area contributed by atoms with Gasteiger partial charge in [-0.1, -0.05) is 42.5 Å². The predicted octanol–water partition coefficient (Wildman–Crippen LogP) is 2.90. The zero-order valence-electron chi connectivity index (χ0n) is 14.4. The van der Waals surface area contributed by atoms with Gasteiger partial charge in [0.15, 0.2) is 0 Å². The fraction of sp³-hybridized carbons (Fsp3) is 0.429. The molecule has 2 aromatic carbocycles. The van der Waals surface area contributed by atoms with Gasteiger partial charge in [-0.3, -0.25) is 9.59 Å². The molecule has 0 radical (unpaired) electrons. The van der Waals surface area contributed by atoms with Crippen LogP contribution in [0.15, 0.2) is 42.5 Å². The van der Waals surface area contributed by atoms with Crippen LogP contribution in [-0.2, 0) is 16.0 Å². The highest BCUT2D eigenvalue weighted by Crippen LogP contribution is 2.31. The van der Waals surface area contributed by atoms with Crippen LogP contribution in [0.3, 0.4) is 0 Å². The summed E-state index contributed by atoms with van der Waals surface area (Å²) in [4.78, 5) is 26.5. The van der Waals surface area contributed by atoms with E-state index in [4.69, 9.17) is 0 Å². The van der Waals surface area contributed by atoms with Crippen molar-refractivity contribution in [2.24, 2.45) is 5.92 Å². The van der Waals surface area contributed by atoms with E-state index in [-0.39, 0.29) is 17.9 Å². The number of nitrogens with zero attached hydrogens (tertiary/aromatic N) is 1. The van der Waals surface area contributed by atoms with Crippen molar-refractivity contribution >= 4 is 22.6 Å². The Bertz CT molecular complexity index is 784. The van der Waals surface area contributed by atoms with E-state index in [1.807, 2.05) is 29.2 Å². The lowest BCUT2D eigenvalue weighted by molar-refractivity contribution is -0.133. The molecule has 2 aromatic rings. The molecule has 4 rings (SSSR count). The van der Waals surface area contributed by atoms with Crippen molar-refractivity contribution in [2.75, 3.05) is 13.1 Å². The maximum absolute atomic E-state index is 12.5. The van der Waals surface area contributed by atoms with Crippen LogP contribution in [0.1, 0.15) is 31.2 Å². The second-order valence-corrected chi connectivity index (χ2v) is 7.26. The summed E-state index contributed by atoms with van der Waals surface area (Å²) in [5, 5.41) is 5.47. The predicted molar refractivity (Wildman–Crippen MR) is 98.1 cm³/mol. The van der Waals surface area contributed by atoms with Gasteiger partial charge < -0.3 is 10.2 Å². The summed E-state index contributed by atoms with van der Waals surface area (Å²) in [7, 11) is 0. The van der Waals surface area contributed by atoms with Gasteiger partial charge >= 0.3 is 0 Å². The third-order valence-corrected chi connectivity index (χ3v) is 5.33. The van der Waals surface area contributed by atoms with Gasteiger partial charge in [0.25, 0.3) is 0 Å². The number of hydrogen-bond donors (Lipinski definition) is 1. The summed E-state index contributed by atoms with van der Waals surface area (Å²) < 4.78 is 0. The third kappa shape index (κ3) is 3.68. The Morgan fingerprint density at radius 3 is 2.44 bits per heavy atom. The number of nitrogens with one attached hydrogen (secondary N) is 1. The van der Waals surface area contributed by atoms with Crippen LogP contribution in [0.4, 0.5) is 0 Å². The molecule has 2 aliphatic rings. The molecule has 1 heterocycles. The first kappa shape index (κ1) is 16.1. The Kier molecular flexibility index (Phi) is 4.43. The fourth-order valence-electron chi connectivity index (χ4n) is 3.73. The van der Waals surface area contributed by atoms with Crippen LogP contribution >= 0.6 is 0 Å². The Hall–Kier alpha value is -2.36. The van der Waals surface area contributed by atoms with E-state index < -0.39 is 0 Å². The fourth-order valence-corrected chi connectivity index (χ4v) is 3.73. The van der Waals surface area contributed by atoms with E-state index in [1.165, 1.54) is 5.39 Å². The molecule has 1 saturated carbocycles. The maximum atomic E-state index is 12.5. The molecule has 1 aliphatic carbocycles. The minimum atomic E-state index is 0.0725. The van der Waals surface area contributed by atoms with Crippen molar-refractivity contribution in [1.29, 1.82) is 0 Å². The van der Waals surface area contributed by atoms with Crippen LogP contribution in [0.2, 0.25) is 0 Å². The van der Waals surface area contributed by atoms with E-state index in [0.29, 0.717) is 12.3 Å². The quantitative estimate of drug-likeness (QED) is 0.933. The summed E-state index contributed by atoms with van der Waals surface area (Å²) >= 11 is 0. The van der Waals surface area contributed by atoms with E-state index >= 15 is 0 Å². The van der Waals surface area contributed by atoms with Crippen LogP contribution in [0.5, 0.6) is 0 Å². The monoisotopic (exact) mass is 336 g/mol. The number of carbonyl (C=O) groups excluding carboxylic acids is 2. The molecular weight excluding hydrogens is 312 g/mol. The second-order valence-electron chi connectivity index (χ2n) is 7.26. The molecule has 1 aliphatic heterocycles. The molecule has 1 saturated heterocycles. The number of amides is 2.